The SMILES string of the molecule is Cc1ccccc1NC(=O)c1ccccc1OC(C)C.O=CNc1cccc(S(=O)(=O)C(F)(F)F)c1. The molecule has 3 aromatic carbocycles. The van der Waals surface area contributed by atoms with Crippen LogP contribution in [-0.4, -0.2) is 32.3 Å². The molecular weight excluding hydrogens is 497 g/mol. The molecule has 3 rings (SSSR count). The zero-order valence-corrected chi connectivity index (χ0v) is 20.5. The highest BCUT2D eigenvalue weighted by molar-refractivity contribution is 7.92. The molecule has 0 saturated carbocycles. The molecule has 0 fully saturated rings. The highest BCUT2D eigenvalue weighted by Gasteiger charge is 2.46. The lowest BCUT2D eigenvalue weighted by Gasteiger charge is -2.14. The van der Waals surface area contributed by atoms with Crippen molar-refractivity contribution in [1.82, 2.24) is 0 Å². The van der Waals surface area contributed by atoms with Crippen molar-refractivity contribution in [1.29, 1.82) is 0 Å². The van der Waals surface area contributed by atoms with Gasteiger partial charge in [-0.25, -0.2) is 8.42 Å². The largest absolute Gasteiger partial charge is 0.501 e. The molecule has 7 nitrogen and oxygen atoms in total. The molecule has 2 amide bonds. The van der Waals surface area contributed by atoms with Gasteiger partial charge in [0.2, 0.25) is 6.41 Å². The summed E-state index contributed by atoms with van der Waals surface area (Å²) < 4.78 is 64.1. The monoisotopic (exact) mass is 522 g/mol. The first-order valence-corrected chi connectivity index (χ1v) is 12.1. The van der Waals surface area contributed by atoms with Crippen molar-refractivity contribution in [3.05, 3.63) is 83.9 Å². The smallest absolute Gasteiger partial charge is 0.490 e. The Bertz CT molecular complexity index is 1310. The maximum Gasteiger partial charge on any atom is 0.501 e. The summed E-state index contributed by atoms with van der Waals surface area (Å²) in [5.74, 6) is 0.448. The third-order valence-electron chi connectivity index (χ3n) is 4.56. The summed E-state index contributed by atoms with van der Waals surface area (Å²) in [4.78, 5) is 21.5. The first kappa shape index (κ1) is 28.4. The number of rotatable bonds is 7. The van der Waals surface area contributed by atoms with Gasteiger partial charge in [0.25, 0.3) is 15.7 Å². The van der Waals surface area contributed by atoms with Crippen LogP contribution in [0.25, 0.3) is 0 Å². The Labute approximate surface area is 207 Å². The van der Waals surface area contributed by atoms with Crippen molar-refractivity contribution < 1.29 is 35.9 Å². The number of carbonyl (C=O) groups excluding carboxylic acids is 2. The standard InChI is InChI=1S/C17H19NO2.C8H6F3NO3S/c1-12(2)20-16-11-7-5-9-14(16)17(19)18-15-10-6-4-8-13(15)3;9-8(10,11)16(14,15)7-3-1-2-6(4-7)12-5-13/h4-12H,1-3H3,(H,18,19);1-5H,(H,12,13). The lowest BCUT2D eigenvalue weighted by atomic mass is 10.1. The second-order valence-electron chi connectivity index (χ2n) is 7.67. The number of alkyl halides is 3. The Morgan fingerprint density at radius 1 is 0.972 bits per heavy atom. The number of anilines is 2. The van der Waals surface area contributed by atoms with Gasteiger partial charge < -0.3 is 15.4 Å². The van der Waals surface area contributed by atoms with Gasteiger partial charge in [-0.2, -0.15) is 13.2 Å². The summed E-state index contributed by atoms with van der Waals surface area (Å²) in [7, 11) is -5.37. The van der Waals surface area contributed by atoms with E-state index in [1.165, 1.54) is 6.07 Å². The Kier molecular flexibility index (Phi) is 9.62. The molecule has 192 valence electrons. The molecular formula is C25H25F3N2O5S. The van der Waals surface area contributed by atoms with Gasteiger partial charge in [-0.05, 0) is 62.7 Å². The predicted molar refractivity (Wildman–Crippen MR) is 131 cm³/mol. The molecule has 0 spiro atoms. The van der Waals surface area contributed by atoms with Crippen molar-refractivity contribution in [2.45, 2.75) is 37.3 Å². The van der Waals surface area contributed by atoms with Crippen LogP contribution in [-0.2, 0) is 14.6 Å². The number of hydrogen-bond donors (Lipinski definition) is 2. The van der Waals surface area contributed by atoms with Crippen molar-refractivity contribution in [3.63, 3.8) is 0 Å². The van der Waals surface area contributed by atoms with Crippen LogP contribution in [0.5, 0.6) is 5.75 Å². The van der Waals surface area contributed by atoms with E-state index in [1.54, 1.807) is 6.07 Å². The van der Waals surface area contributed by atoms with Gasteiger partial charge in [-0.15, -0.1) is 0 Å². The zero-order chi connectivity index (χ0) is 26.9. The van der Waals surface area contributed by atoms with Crippen LogP contribution in [0, 0.1) is 6.92 Å². The number of amides is 2. The van der Waals surface area contributed by atoms with E-state index in [4.69, 9.17) is 4.74 Å². The van der Waals surface area contributed by atoms with Crippen LogP contribution in [0.1, 0.15) is 29.8 Å². The number of benzene rings is 3. The lowest BCUT2D eigenvalue weighted by Crippen LogP contribution is -2.23. The molecule has 0 heterocycles. The summed E-state index contributed by atoms with van der Waals surface area (Å²) in [6.07, 6.45) is 0.265. The minimum absolute atomic E-state index is 0.0275. The molecule has 3 aromatic rings. The Morgan fingerprint density at radius 3 is 2.22 bits per heavy atom. The van der Waals surface area contributed by atoms with E-state index in [9.17, 15) is 31.2 Å². The lowest BCUT2D eigenvalue weighted by molar-refractivity contribution is -0.105. The average molecular weight is 523 g/mol. The molecule has 2 N–H and O–H groups in total. The number of carbonyl (C=O) groups is 2. The number of ether oxygens (including phenoxy) is 1. The topological polar surface area (TPSA) is 102 Å². The Hall–Kier alpha value is -3.86. The van der Waals surface area contributed by atoms with Gasteiger partial charge in [-0.3, -0.25) is 9.59 Å². The van der Waals surface area contributed by atoms with E-state index in [2.05, 4.69) is 10.6 Å². The number of nitrogens with one attached hydrogen (secondary N) is 2. The first-order valence-electron chi connectivity index (χ1n) is 10.6. The number of halogens is 3. The van der Waals surface area contributed by atoms with Crippen LogP contribution in [0.3, 0.4) is 0 Å². The van der Waals surface area contributed by atoms with Gasteiger partial charge in [-0.1, -0.05) is 36.4 Å². The van der Waals surface area contributed by atoms with Gasteiger partial charge in [0, 0.05) is 11.4 Å². The second-order valence-corrected chi connectivity index (χ2v) is 9.61. The molecule has 0 radical (unpaired) electrons. The molecule has 0 aliphatic carbocycles. The third kappa shape index (κ3) is 7.57. The Morgan fingerprint density at radius 2 is 1.61 bits per heavy atom. The van der Waals surface area contributed by atoms with E-state index < -0.39 is 20.2 Å². The summed E-state index contributed by atoms with van der Waals surface area (Å²) in [5, 5.41) is 4.98. The number of sulfone groups is 1. The van der Waals surface area contributed by atoms with E-state index >= 15 is 0 Å². The highest BCUT2D eigenvalue weighted by atomic mass is 32.2. The van der Waals surface area contributed by atoms with Gasteiger partial charge >= 0.3 is 5.51 Å². The van der Waals surface area contributed by atoms with Crippen LogP contribution in [0.2, 0.25) is 0 Å². The Balaban J connectivity index is 0.000000261. The molecule has 36 heavy (non-hydrogen) atoms. The van der Waals surface area contributed by atoms with E-state index in [0.717, 1.165) is 29.4 Å². The van der Waals surface area contributed by atoms with Gasteiger partial charge in [0.05, 0.1) is 16.6 Å². The maximum atomic E-state index is 12.4. The van der Waals surface area contributed by atoms with E-state index in [-0.39, 0.29) is 24.1 Å². The van der Waals surface area contributed by atoms with Gasteiger partial charge in [0.1, 0.15) is 5.75 Å². The van der Waals surface area contributed by atoms with Crippen LogP contribution in [0.4, 0.5) is 24.5 Å². The summed E-state index contributed by atoms with van der Waals surface area (Å²) >= 11 is 0. The van der Waals surface area contributed by atoms with Crippen molar-refractivity contribution in [3.8, 4) is 5.75 Å². The minimum atomic E-state index is -5.37. The molecule has 0 saturated heterocycles. The fourth-order valence-corrected chi connectivity index (χ4v) is 3.68. The number of aryl methyl sites for hydroxylation is 1. The summed E-state index contributed by atoms with van der Waals surface area (Å²) in [6.45, 7) is 5.85. The zero-order valence-electron chi connectivity index (χ0n) is 19.7. The first-order chi connectivity index (χ1) is 16.9. The van der Waals surface area contributed by atoms with E-state index in [0.29, 0.717) is 11.3 Å². The minimum Gasteiger partial charge on any atom is -0.490 e. The number of hydrogen-bond acceptors (Lipinski definition) is 5. The number of para-hydroxylation sites is 2. The van der Waals surface area contributed by atoms with E-state index in [1.807, 2.05) is 63.2 Å². The fraction of sp³-hybridized carbons (Fsp3) is 0.200. The van der Waals surface area contributed by atoms with Crippen molar-refractivity contribution >= 4 is 33.5 Å². The van der Waals surface area contributed by atoms with Crippen molar-refractivity contribution in [2.75, 3.05) is 10.6 Å². The molecule has 0 aromatic heterocycles. The third-order valence-corrected chi connectivity index (χ3v) is 6.05. The maximum absolute atomic E-state index is 12.4. The molecule has 0 bridgehead atoms. The normalized spacial score (nSPS) is 11.2. The quantitative estimate of drug-likeness (QED) is 0.395. The van der Waals surface area contributed by atoms with Crippen LogP contribution in [0.15, 0.2) is 77.7 Å². The molecule has 0 aliphatic rings. The van der Waals surface area contributed by atoms with Crippen LogP contribution >= 0.6 is 0 Å². The molecule has 11 heteroatoms. The summed E-state index contributed by atoms with van der Waals surface area (Å²) in [6, 6.07) is 18.9. The predicted octanol–water partition coefficient (Wildman–Crippen LogP) is 5.58. The van der Waals surface area contributed by atoms with Crippen molar-refractivity contribution in [2.24, 2.45) is 0 Å². The average Bonchev–Trinajstić information content (AvgIpc) is 2.80. The highest BCUT2D eigenvalue weighted by Crippen LogP contribution is 2.31. The molecule has 0 aliphatic heterocycles. The van der Waals surface area contributed by atoms with Gasteiger partial charge in [0.15, 0.2) is 0 Å². The molecule has 0 atom stereocenters. The molecule has 0 unspecified atom stereocenters. The summed E-state index contributed by atoms with van der Waals surface area (Å²) in [5.41, 5.74) is -2.99. The second kappa shape index (κ2) is 12.2. The fourth-order valence-electron chi connectivity index (χ4n) is 2.87. The van der Waals surface area contributed by atoms with Crippen LogP contribution < -0.4 is 15.4 Å².